The number of hydrogen-bond acceptors (Lipinski definition) is 4. The van der Waals surface area contributed by atoms with Gasteiger partial charge in [-0.2, -0.15) is 0 Å². The molecule has 2 fully saturated rings. The van der Waals surface area contributed by atoms with Gasteiger partial charge in [0.15, 0.2) is 0 Å². The quantitative estimate of drug-likeness (QED) is 0.405. The number of esters is 1. The zero-order chi connectivity index (χ0) is 21.9. The summed E-state index contributed by atoms with van der Waals surface area (Å²) in [5.74, 6) is -2.11. The van der Waals surface area contributed by atoms with Crippen molar-refractivity contribution in [3.05, 3.63) is 82.4 Å². The van der Waals surface area contributed by atoms with Gasteiger partial charge in [0, 0.05) is 11.8 Å². The third-order valence-electron chi connectivity index (χ3n) is 6.67. The van der Waals surface area contributed by atoms with Crippen molar-refractivity contribution in [1.29, 1.82) is 0 Å². The van der Waals surface area contributed by atoms with Gasteiger partial charge in [0.2, 0.25) is 11.8 Å². The molecule has 0 spiro atoms. The maximum Gasteiger partial charge on any atom is 0.339 e. The summed E-state index contributed by atoms with van der Waals surface area (Å²) in [4.78, 5) is 40.1. The average Bonchev–Trinajstić information content (AvgIpc) is 3.43. The summed E-state index contributed by atoms with van der Waals surface area (Å²) < 4.78 is 4.76. The highest BCUT2D eigenvalue weighted by molar-refractivity contribution is 6.34. The van der Waals surface area contributed by atoms with Gasteiger partial charge in [-0.25, -0.2) is 9.69 Å². The molecule has 0 aromatic heterocycles. The van der Waals surface area contributed by atoms with Crippen LogP contribution < -0.4 is 4.90 Å². The lowest BCUT2D eigenvalue weighted by molar-refractivity contribution is -0.122. The summed E-state index contributed by atoms with van der Waals surface area (Å²) in [7, 11) is 1.26. The Labute approximate surface area is 184 Å². The molecule has 2 amide bonds. The SMILES string of the molecule is COC(=O)c1cc(N2C(=O)[C@@H]3[C@H](C2=O)[C@H]2C=C[C@H]3C2=C(C)c2ccccc2)ccc1Cl. The maximum absolute atomic E-state index is 13.4. The Balaban J connectivity index is 1.53. The molecular weight excluding hydrogens is 414 g/mol. The first-order valence-electron chi connectivity index (χ1n) is 10.1. The molecule has 2 aromatic carbocycles. The molecule has 3 aliphatic rings. The number of amides is 2. The monoisotopic (exact) mass is 433 g/mol. The number of fused-ring (bicyclic) bond motifs is 5. The molecule has 5 rings (SSSR count). The van der Waals surface area contributed by atoms with E-state index >= 15 is 0 Å². The first-order chi connectivity index (χ1) is 14.9. The highest BCUT2D eigenvalue weighted by atomic mass is 35.5. The molecule has 2 aliphatic carbocycles. The van der Waals surface area contributed by atoms with Crippen molar-refractivity contribution in [3.8, 4) is 0 Å². The van der Waals surface area contributed by atoms with Crippen LogP contribution in [-0.4, -0.2) is 24.9 Å². The van der Waals surface area contributed by atoms with Gasteiger partial charge in [0.1, 0.15) is 0 Å². The summed E-state index contributed by atoms with van der Waals surface area (Å²) in [5, 5.41) is 0.209. The predicted octanol–water partition coefficient (Wildman–Crippen LogP) is 4.52. The molecule has 1 saturated heterocycles. The zero-order valence-electron chi connectivity index (χ0n) is 17.0. The van der Waals surface area contributed by atoms with Gasteiger partial charge in [-0.05, 0) is 36.3 Å². The summed E-state index contributed by atoms with van der Waals surface area (Å²) >= 11 is 6.11. The normalized spacial score (nSPS) is 27.6. The van der Waals surface area contributed by atoms with E-state index in [4.69, 9.17) is 16.3 Å². The molecule has 2 bridgehead atoms. The lowest BCUT2D eigenvalue weighted by atomic mass is 9.85. The second-order valence-corrected chi connectivity index (χ2v) is 8.51. The largest absolute Gasteiger partial charge is 0.465 e. The Kier molecular flexibility index (Phi) is 4.59. The van der Waals surface area contributed by atoms with Gasteiger partial charge in [-0.1, -0.05) is 59.7 Å². The van der Waals surface area contributed by atoms with Gasteiger partial charge in [0.25, 0.3) is 0 Å². The van der Waals surface area contributed by atoms with Gasteiger partial charge in [-0.3, -0.25) is 9.59 Å². The molecule has 0 N–H and O–H groups in total. The number of ether oxygens (including phenoxy) is 1. The van der Waals surface area contributed by atoms with Gasteiger partial charge in [-0.15, -0.1) is 0 Å². The lowest BCUT2D eigenvalue weighted by Crippen LogP contribution is -2.33. The van der Waals surface area contributed by atoms with Crippen LogP contribution >= 0.6 is 11.6 Å². The van der Waals surface area contributed by atoms with Gasteiger partial charge in [0.05, 0.1) is 35.2 Å². The smallest absolute Gasteiger partial charge is 0.339 e. The second-order valence-electron chi connectivity index (χ2n) is 8.10. The number of allylic oxidation sites excluding steroid dienone is 4. The number of hydrogen-bond donors (Lipinski definition) is 0. The predicted molar refractivity (Wildman–Crippen MR) is 117 cm³/mol. The number of nitrogens with zero attached hydrogens (tertiary/aromatic N) is 1. The number of rotatable bonds is 3. The first-order valence-corrected chi connectivity index (χ1v) is 10.5. The van der Waals surface area contributed by atoms with Crippen molar-refractivity contribution in [2.45, 2.75) is 6.92 Å². The number of imide groups is 1. The van der Waals surface area contributed by atoms with Crippen molar-refractivity contribution >= 4 is 40.6 Å². The Bertz CT molecular complexity index is 1150. The van der Waals surface area contributed by atoms with Crippen LogP contribution in [-0.2, 0) is 14.3 Å². The Morgan fingerprint density at radius 1 is 0.968 bits per heavy atom. The van der Waals surface area contributed by atoms with E-state index in [1.165, 1.54) is 24.1 Å². The van der Waals surface area contributed by atoms with E-state index in [0.717, 1.165) is 16.7 Å². The van der Waals surface area contributed by atoms with Crippen LogP contribution in [0.25, 0.3) is 5.57 Å². The standard InChI is InChI=1S/C25H20ClNO4/c1-13(14-6-4-3-5-7-14)20-16-9-10-17(20)22-21(16)23(28)27(24(22)29)15-8-11-19(26)18(12-15)25(30)31-2/h3-12,16-17,21-22H,1-2H3/t16-,17-,21-,22+/m0/s1. The average molecular weight is 434 g/mol. The third-order valence-corrected chi connectivity index (χ3v) is 7.00. The molecule has 31 heavy (non-hydrogen) atoms. The van der Waals surface area contributed by atoms with Crippen LogP contribution in [0, 0.1) is 23.7 Å². The molecule has 1 aliphatic heterocycles. The Morgan fingerprint density at radius 3 is 2.16 bits per heavy atom. The van der Waals surface area contributed by atoms with Gasteiger partial charge < -0.3 is 4.74 Å². The van der Waals surface area contributed by atoms with E-state index in [9.17, 15) is 14.4 Å². The fourth-order valence-electron chi connectivity index (χ4n) is 5.29. The van der Waals surface area contributed by atoms with E-state index < -0.39 is 17.8 Å². The number of methoxy groups -OCH3 is 1. The highest BCUT2D eigenvalue weighted by Crippen LogP contribution is 2.58. The van der Waals surface area contributed by atoms with Crippen molar-refractivity contribution in [2.75, 3.05) is 12.0 Å². The van der Waals surface area contributed by atoms with Crippen LogP contribution in [0.1, 0.15) is 22.8 Å². The topological polar surface area (TPSA) is 63.7 Å². The fraction of sp³-hybridized carbons (Fsp3) is 0.240. The molecule has 6 heteroatoms. The molecular formula is C25H20ClNO4. The number of anilines is 1. The fourth-order valence-corrected chi connectivity index (χ4v) is 5.49. The molecule has 4 atom stereocenters. The lowest BCUT2D eigenvalue weighted by Gasteiger charge is -2.20. The third kappa shape index (κ3) is 2.80. The van der Waals surface area contributed by atoms with Crippen molar-refractivity contribution in [2.24, 2.45) is 23.7 Å². The Morgan fingerprint density at radius 2 is 1.58 bits per heavy atom. The first kappa shape index (κ1) is 19.8. The summed E-state index contributed by atoms with van der Waals surface area (Å²) in [5.41, 5.74) is 3.86. The van der Waals surface area contributed by atoms with Crippen LogP contribution in [0.3, 0.4) is 0 Å². The zero-order valence-corrected chi connectivity index (χ0v) is 17.8. The molecule has 2 aromatic rings. The number of carbonyl (C=O) groups excluding carboxylic acids is 3. The number of halogens is 1. The Hall–Kier alpha value is -3.18. The van der Waals surface area contributed by atoms with Gasteiger partial charge >= 0.3 is 5.97 Å². The van der Waals surface area contributed by atoms with Crippen molar-refractivity contribution < 1.29 is 19.1 Å². The molecule has 5 nitrogen and oxygen atoms in total. The van der Waals surface area contributed by atoms with E-state index in [1.807, 2.05) is 30.3 Å². The minimum Gasteiger partial charge on any atom is -0.465 e. The van der Waals surface area contributed by atoms with Crippen LogP contribution in [0.2, 0.25) is 5.02 Å². The summed E-state index contributed by atoms with van der Waals surface area (Å²) in [6.07, 6.45) is 4.12. The molecule has 1 saturated carbocycles. The molecule has 0 unspecified atom stereocenters. The molecule has 156 valence electrons. The molecule has 0 radical (unpaired) electrons. The minimum atomic E-state index is -0.614. The minimum absolute atomic E-state index is 0.0935. The van der Waals surface area contributed by atoms with E-state index in [-0.39, 0.29) is 34.2 Å². The van der Waals surface area contributed by atoms with Crippen LogP contribution in [0.4, 0.5) is 5.69 Å². The van der Waals surface area contributed by atoms with E-state index in [0.29, 0.717) is 5.69 Å². The molecule has 1 heterocycles. The number of carbonyl (C=O) groups is 3. The highest BCUT2D eigenvalue weighted by Gasteiger charge is 2.62. The second kappa shape index (κ2) is 7.20. The van der Waals surface area contributed by atoms with E-state index in [2.05, 4.69) is 19.1 Å². The number of benzene rings is 2. The summed E-state index contributed by atoms with van der Waals surface area (Å²) in [6, 6.07) is 14.6. The maximum atomic E-state index is 13.4. The van der Waals surface area contributed by atoms with Crippen molar-refractivity contribution in [3.63, 3.8) is 0 Å². The van der Waals surface area contributed by atoms with E-state index in [1.54, 1.807) is 6.07 Å². The van der Waals surface area contributed by atoms with Crippen LogP contribution in [0.5, 0.6) is 0 Å². The summed E-state index contributed by atoms with van der Waals surface area (Å²) in [6.45, 7) is 2.06. The van der Waals surface area contributed by atoms with Crippen LogP contribution in [0.15, 0.2) is 66.3 Å². The van der Waals surface area contributed by atoms with Crippen molar-refractivity contribution in [1.82, 2.24) is 0 Å².